The van der Waals surface area contributed by atoms with Crippen LogP contribution in [0.1, 0.15) is 32.7 Å². The third-order valence-electron chi connectivity index (χ3n) is 8.42. The van der Waals surface area contributed by atoms with Crippen molar-refractivity contribution in [2.75, 3.05) is 38.5 Å². The molecule has 0 aliphatic carbocycles. The fraction of sp³-hybridized carbons (Fsp3) is 0.333. The summed E-state index contributed by atoms with van der Waals surface area (Å²) in [6, 6.07) is 15.4. The van der Waals surface area contributed by atoms with Crippen molar-refractivity contribution in [2.45, 2.75) is 38.3 Å². The third-order valence-corrected chi connectivity index (χ3v) is 8.42. The molecule has 2 aliphatic rings. The van der Waals surface area contributed by atoms with Crippen LogP contribution in [0.5, 0.6) is 11.5 Å². The molecule has 2 amide bonds. The monoisotopic (exact) mass is 623 g/mol. The van der Waals surface area contributed by atoms with Crippen LogP contribution in [-0.4, -0.2) is 79.6 Å². The van der Waals surface area contributed by atoms with E-state index >= 15 is 4.39 Å². The van der Waals surface area contributed by atoms with Gasteiger partial charge in [-0.3, -0.25) is 14.5 Å². The van der Waals surface area contributed by atoms with Gasteiger partial charge in [0.2, 0.25) is 5.91 Å². The van der Waals surface area contributed by atoms with E-state index in [1.54, 1.807) is 39.9 Å². The standard InChI is InChI=1S/C33H34FN9O3/c1-33(2,42-14-12-37-27(44)19-42)16-21(17-35)32(45)41-13-6-7-22(18-41)43-31-28(30(36)38-20-39-31)29(40-43)25-11-10-24(15-26(25)34)46-23-8-4-3-5-9-23/h3-5,8-11,15-16,20,22H,6-7,12-14,18-19H2,1-2H3,(H,37,44)(H2,36,38,39). The van der Waals surface area contributed by atoms with Gasteiger partial charge in [0.1, 0.15) is 46.8 Å². The number of carbonyl (C=O) groups is 2. The minimum absolute atomic E-state index is 0.00842. The Kier molecular flexibility index (Phi) is 8.38. The minimum atomic E-state index is -0.693. The number of ether oxygens (including phenoxy) is 1. The van der Waals surface area contributed by atoms with Crippen LogP contribution >= 0.6 is 0 Å². The molecule has 13 heteroatoms. The van der Waals surface area contributed by atoms with E-state index in [4.69, 9.17) is 15.6 Å². The summed E-state index contributed by atoms with van der Waals surface area (Å²) in [5.41, 5.74) is 6.52. The molecule has 2 aliphatic heterocycles. The van der Waals surface area contributed by atoms with Crippen LogP contribution in [-0.2, 0) is 9.59 Å². The number of likely N-dealkylation sites (tertiary alicyclic amines) is 1. The number of halogens is 1. The van der Waals surface area contributed by atoms with Crippen molar-refractivity contribution in [3.8, 4) is 28.8 Å². The second-order valence-electron chi connectivity index (χ2n) is 11.9. The lowest BCUT2D eigenvalue weighted by Crippen LogP contribution is -2.55. The first-order valence-corrected chi connectivity index (χ1v) is 15.1. The van der Waals surface area contributed by atoms with E-state index in [0.29, 0.717) is 55.0 Å². The largest absolute Gasteiger partial charge is 0.457 e. The molecule has 0 radical (unpaired) electrons. The summed E-state index contributed by atoms with van der Waals surface area (Å²) in [6.07, 6.45) is 4.30. The van der Waals surface area contributed by atoms with Gasteiger partial charge in [-0.1, -0.05) is 18.2 Å². The Morgan fingerprint density at radius 3 is 2.72 bits per heavy atom. The van der Waals surface area contributed by atoms with E-state index in [1.165, 1.54) is 12.4 Å². The fourth-order valence-corrected chi connectivity index (χ4v) is 6.04. The number of amides is 2. The van der Waals surface area contributed by atoms with Crippen LogP contribution in [0.15, 0.2) is 66.5 Å². The number of para-hydroxylation sites is 1. The molecule has 236 valence electrons. The van der Waals surface area contributed by atoms with Crippen LogP contribution in [0.3, 0.4) is 0 Å². The molecule has 2 aromatic carbocycles. The van der Waals surface area contributed by atoms with E-state index in [9.17, 15) is 14.9 Å². The zero-order chi connectivity index (χ0) is 32.4. The summed E-state index contributed by atoms with van der Waals surface area (Å²) in [6.45, 7) is 5.79. The molecule has 1 unspecified atom stereocenters. The number of anilines is 1. The number of nitriles is 1. The minimum Gasteiger partial charge on any atom is -0.457 e. The zero-order valence-electron chi connectivity index (χ0n) is 25.6. The predicted octanol–water partition coefficient (Wildman–Crippen LogP) is 3.83. The number of fused-ring (bicyclic) bond motifs is 1. The Labute approximate surface area is 265 Å². The molecular formula is C33H34FN9O3. The summed E-state index contributed by atoms with van der Waals surface area (Å²) < 4.78 is 23.1. The van der Waals surface area contributed by atoms with Gasteiger partial charge in [0.15, 0.2) is 5.65 Å². The number of nitrogens with one attached hydrogen (secondary N) is 1. The first kappa shape index (κ1) is 30.7. The molecule has 0 bridgehead atoms. The number of carbonyl (C=O) groups excluding carboxylic acids is 2. The number of nitrogens with zero attached hydrogens (tertiary/aromatic N) is 7. The Bertz CT molecular complexity index is 1870. The van der Waals surface area contributed by atoms with Crippen molar-refractivity contribution in [3.63, 3.8) is 0 Å². The van der Waals surface area contributed by atoms with Crippen LogP contribution in [0.25, 0.3) is 22.3 Å². The summed E-state index contributed by atoms with van der Waals surface area (Å²) >= 11 is 0. The smallest absolute Gasteiger partial charge is 0.264 e. The number of nitrogen functional groups attached to an aromatic ring is 1. The Balaban J connectivity index is 1.28. The molecule has 4 heterocycles. The molecule has 3 N–H and O–H groups in total. The molecule has 6 rings (SSSR count). The topological polar surface area (TPSA) is 155 Å². The van der Waals surface area contributed by atoms with Crippen molar-refractivity contribution in [1.29, 1.82) is 5.26 Å². The van der Waals surface area contributed by atoms with E-state index in [0.717, 1.165) is 0 Å². The maximum Gasteiger partial charge on any atom is 0.264 e. The van der Waals surface area contributed by atoms with Crippen molar-refractivity contribution >= 4 is 28.7 Å². The summed E-state index contributed by atoms with van der Waals surface area (Å²) in [7, 11) is 0. The molecule has 0 saturated carbocycles. The van der Waals surface area contributed by atoms with E-state index < -0.39 is 17.3 Å². The van der Waals surface area contributed by atoms with Crippen molar-refractivity contribution < 1.29 is 18.7 Å². The molecule has 0 spiro atoms. The van der Waals surface area contributed by atoms with Crippen LogP contribution in [0.4, 0.5) is 10.2 Å². The Hall–Kier alpha value is -5.35. The maximum absolute atomic E-state index is 15.6. The lowest BCUT2D eigenvalue weighted by Gasteiger charge is -2.39. The molecule has 4 aromatic rings. The highest BCUT2D eigenvalue weighted by Crippen LogP contribution is 2.36. The van der Waals surface area contributed by atoms with E-state index in [1.807, 2.05) is 36.9 Å². The van der Waals surface area contributed by atoms with E-state index in [-0.39, 0.29) is 47.7 Å². The first-order chi connectivity index (χ1) is 22.1. The highest BCUT2D eigenvalue weighted by Gasteiger charge is 2.34. The predicted molar refractivity (Wildman–Crippen MR) is 169 cm³/mol. The van der Waals surface area contributed by atoms with Crippen molar-refractivity contribution in [2.24, 2.45) is 0 Å². The zero-order valence-corrected chi connectivity index (χ0v) is 25.6. The number of benzene rings is 2. The summed E-state index contributed by atoms with van der Waals surface area (Å²) in [4.78, 5) is 37.8. The molecule has 1 atom stereocenters. The lowest BCUT2D eigenvalue weighted by atomic mass is 9.96. The van der Waals surface area contributed by atoms with Gasteiger partial charge in [0.05, 0.1) is 18.0 Å². The highest BCUT2D eigenvalue weighted by molar-refractivity contribution is 5.99. The molecule has 46 heavy (non-hydrogen) atoms. The second kappa shape index (κ2) is 12.6. The van der Waals surface area contributed by atoms with Crippen LogP contribution in [0, 0.1) is 17.1 Å². The highest BCUT2D eigenvalue weighted by atomic mass is 19.1. The number of rotatable bonds is 7. The molecule has 12 nitrogen and oxygen atoms in total. The number of hydrogen-bond acceptors (Lipinski definition) is 9. The van der Waals surface area contributed by atoms with Gasteiger partial charge in [-0.15, -0.1) is 0 Å². The third kappa shape index (κ3) is 6.12. The van der Waals surface area contributed by atoms with Crippen LogP contribution in [0.2, 0.25) is 0 Å². The normalized spacial score (nSPS) is 17.9. The maximum atomic E-state index is 15.6. The van der Waals surface area contributed by atoms with Gasteiger partial charge in [0.25, 0.3) is 5.91 Å². The number of hydrogen-bond donors (Lipinski definition) is 2. The van der Waals surface area contributed by atoms with Gasteiger partial charge < -0.3 is 20.7 Å². The van der Waals surface area contributed by atoms with Gasteiger partial charge in [-0.05, 0) is 57.0 Å². The quantitative estimate of drug-likeness (QED) is 0.231. The molecule has 2 saturated heterocycles. The van der Waals surface area contributed by atoms with Crippen molar-refractivity contribution in [1.82, 2.24) is 34.9 Å². The number of aromatic nitrogens is 4. The number of nitrogens with two attached hydrogens (primary N) is 1. The molecule has 2 fully saturated rings. The lowest BCUT2D eigenvalue weighted by molar-refractivity contribution is -0.128. The number of piperazine rings is 1. The molecular weight excluding hydrogens is 589 g/mol. The first-order valence-electron chi connectivity index (χ1n) is 15.1. The SMILES string of the molecule is CC(C)(C=C(C#N)C(=O)N1CCCC(n2nc(-c3ccc(Oc4ccccc4)cc3F)c3c(N)ncnc32)C1)N1CCNC(=O)C1. The van der Waals surface area contributed by atoms with Crippen molar-refractivity contribution in [3.05, 3.63) is 72.3 Å². The number of piperidine rings is 1. The fourth-order valence-electron chi connectivity index (χ4n) is 6.04. The summed E-state index contributed by atoms with van der Waals surface area (Å²) in [5.74, 6) is 0.0180. The van der Waals surface area contributed by atoms with Gasteiger partial charge in [-0.2, -0.15) is 10.4 Å². The van der Waals surface area contributed by atoms with Gasteiger partial charge in [-0.25, -0.2) is 19.0 Å². The summed E-state index contributed by atoms with van der Waals surface area (Å²) in [5, 5.41) is 18.0. The van der Waals surface area contributed by atoms with Gasteiger partial charge >= 0.3 is 0 Å². The Morgan fingerprint density at radius 1 is 1.17 bits per heavy atom. The average molecular weight is 624 g/mol. The second-order valence-corrected chi connectivity index (χ2v) is 11.9. The Morgan fingerprint density at radius 2 is 1.98 bits per heavy atom. The van der Waals surface area contributed by atoms with E-state index in [2.05, 4.69) is 21.4 Å². The van der Waals surface area contributed by atoms with Gasteiger partial charge in [0, 0.05) is 43.3 Å². The molecule has 2 aromatic heterocycles. The van der Waals surface area contributed by atoms with Crippen LogP contribution < -0.4 is 15.8 Å². The average Bonchev–Trinajstić information content (AvgIpc) is 3.45.